The highest BCUT2D eigenvalue weighted by atomic mass is 19.4. The molecule has 16 heavy (non-hydrogen) atoms. The molecule has 0 fully saturated rings. The number of carbonyl (C=O) groups excluding carboxylic acids is 2. The maximum Gasteiger partial charge on any atom is 0.414 e. The number of hydrogen-bond donors (Lipinski definition) is 0. The molecule has 7 heteroatoms. The molecule has 0 bridgehead atoms. The first-order valence-electron chi connectivity index (χ1n) is 3.76. The molecule has 2 nitrogen and oxygen atoms in total. The van der Waals surface area contributed by atoms with Crippen molar-refractivity contribution in [2.75, 3.05) is 0 Å². The maximum atomic E-state index is 10.8. The molecule has 0 aromatic heterocycles. The van der Waals surface area contributed by atoms with Gasteiger partial charge in [0.25, 0.3) is 6.08 Å². The number of carbonyl (C=O) groups is 2. The molecule has 0 aromatic rings. The van der Waals surface area contributed by atoms with Crippen molar-refractivity contribution in [2.45, 2.75) is 6.18 Å². The van der Waals surface area contributed by atoms with E-state index in [4.69, 9.17) is 0 Å². The van der Waals surface area contributed by atoms with Crippen LogP contribution >= 0.6 is 0 Å². The summed E-state index contributed by atoms with van der Waals surface area (Å²) in [6.45, 7) is 0. The molecule has 0 atom stereocenters. The minimum atomic E-state index is -4.89. The molecule has 1 rings (SSSR count). The molecular weight excluding hydrogens is 235 g/mol. The van der Waals surface area contributed by atoms with Crippen LogP contribution in [0.4, 0.5) is 22.0 Å². The zero-order chi connectivity index (χ0) is 12.8. The van der Waals surface area contributed by atoms with E-state index in [-0.39, 0.29) is 0 Å². The molecule has 0 radical (unpaired) electrons. The fourth-order valence-corrected chi connectivity index (χ4v) is 0.574. The van der Waals surface area contributed by atoms with Gasteiger partial charge in [0.05, 0.1) is 6.08 Å². The first-order valence-corrected chi connectivity index (χ1v) is 3.76. The number of halogens is 5. The van der Waals surface area contributed by atoms with Crippen molar-refractivity contribution in [1.29, 1.82) is 0 Å². The highest BCUT2D eigenvalue weighted by Crippen LogP contribution is 2.19. The lowest BCUT2D eigenvalue weighted by Gasteiger charge is -1.93. The van der Waals surface area contributed by atoms with Gasteiger partial charge >= 0.3 is 6.18 Å². The molecule has 0 aromatic carbocycles. The first-order chi connectivity index (χ1) is 7.22. The van der Waals surface area contributed by atoms with E-state index in [1.807, 2.05) is 0 Å². The highest BCUT2D eigenvalue weighted by Gasteiger charge is 2.24. The smallest absolute Gasteiger partial charge is 0.286 e. The van der Waals surface area contributed by atoms with Crippen molar-refractivity contribution in [3.63, 3.8) is 0 Å². The van der Waals surface area contributed by atoms with E-state index >= 15 is 0 Å². The zero-order valence-corrected chi connectivity index (χ0v) is 7.59. The summed E-state index contributed by atoms with van der Waals surface area (Å²) in [5, 5.41) is 0. The van der Waals surface area contributed by atoms with Gasteiger partial charge in [-0.05, 0) is 12.2 Å². The fourth-order valence-electron chi connectivity index (χ4n) is 0.574. The van der Waals surface area contributed by atoms with Crippen molar-refractivity contribution in [1.82, 2.24) is 0 Å². The van der Waals surface area contributed by atoms with Gasteiger partial charge in [-0.25, -0.2) is 0 Å². The summed E-state index contributed by atoms with van der Waals surface area (Å²) in [6.07, 6.45) is -3.08. The lowest BCUT2D eigenvalue weighted by Crippen LogP contribution is -2.08. The Balaban J connectivity index is 0.000000281. The summed E-state index contributed by atoms with van der Waals surface area (Å²) in [7, 11) is 0. The topological polar surface area (TPSA) is 34.1 Å². The van der Waals surface area contributed by atoms with Crippen LogP contribution in [0, 0.1) is 0 Å². The summed E-state index contributed by atoms with van der Waals surface area (Å²) in [4.78, 5) is 20.6. The molecule has 0 N–H and O–H groups in total. The van der Waals surface area contributed by atoms with E-state index in [1.54, 1.807) is 12.2 Å². The second-order valence-corrected chi connectivity index (χ2v) is 2.42. The van der Waals surface area contributed by atoms with Gasteiger partial charge in [-0.15, -0.1) is 0 Å². The van der Waals surface area contributed by atoms with E-state index in [9.17, 15) is 31.5 Å². The second-order valence-electron chi connectivity index (χ2n) is 2.42. The monoisotopic (exact) mass is 240 g/mol. The lowest BCUT2D eigenvalue weighted by atomic mass is 10.1. The Bertz CT molecular complexity index is 337. The SMILES string of the molecule is FC(F)=CC(F)(F)F.O=C1C=CC=CC1=O. The minimum Gasteiger partial charge on any atom is -0.286 e. The summed E-state index contributed by atoms with van der Waals surface area (Å²) in [5.74, 6) is -0.875. The Kier molecular flexibility index (Phi) is 5.27. The molecule has 0 saturated carbocycles. The van der Waals surface area contributed by atoms with Crippen molar-refractivity contribution in [3.8, 4) is 0 Å². The number of hydrogen-bond acceptors (Lipinski definition) is 2. The van der Waals surface area contributed by atoms with Crippen molar-refractivity contribution >= 4 is 11.6 Å². The lowest BCUT2D eigenvalue weighted by molar-refractivity contribution is -0.131. The highest BCUT2D eigenvalue weighted by molar-refractivity contribution is 6.46. The molecule has 0 unspecified atom stereocenters. The van der Waals surface area contributed by atoms with Gasteiger partial charge in [-0.3, -0.25) is 9.59 Å². The molecular formula is C9H5F5O2. The molecule has 1 aliphatic carbocycles. The zero-order valence-electron chi connectivity index (χ0n) is 7.59. The largest absolute Gasteiger partial charge is 0.414 e. The molecule has 0 spiro atoms. The summed E-state index contributed by atoms with van der Waals surface area (Å²) in [5.41, 5.74) is 0. The van der Waals surface area contributed by atoms with Crippen LogP contribution in [0.2, 0.25) is 0 Å². The van der Waals surface area contributed by atoms with E-state index in [1.165, 1.54) is 12.2 Å². The average molecular weight is 240 g/mol. The van der Waals surface area contributed by atoms with Crippen LogP contribution in [0.3, 0.4) is 0 Å². The van der Waals surface area contributed by atoms with Gasteiger partial charge in [-0.1, -0.05) is 12.2 Å². The third-order valence-corrected chi connectivity index (χ3v) is 1.12. The average Bonchev–Trinajstić information content (AvgIpc) is 2.06. The minimum absolute atomic E-state index is 0.437. The summed E-state index contributed by atoms with van der Waals surface area (Å²) in [6, 6.07) is 0. The molecule has 88 valence electrons. The van der Waals surface area contributed by atoms with E-state index in [0.717, 1.165) is 0 Å². The number of allylic oxidation sites excluding steroid dienone is 5. The third kappa shape index (κ3) is 7.60. The van der Waals surface area contributed by atoms with Crippen LogP contribution in [0.25, 0.3) is 0 Å². The van der Waals surface area contributed by atoms with Gasteiger partial charge in [-0.2, -0.15) is 22.0 Å². The number of ketones is 2. The van der Waals surface area contributed by atoms with Gasteiger partial charge in [0, 0.05) is 0 Å². The number of alkyl halides is 3. The Morgan fingerprint density at radius 1 is 1.00 bits per heavy atom. The Morgan fingerprint density at radius 2 is 1.38 bits per heavy atom. The third-order valence-electron chi connectivity index (χ3n) is 1.12. The summed E-state index contributed by atoms with van der Waals surface area (Å²) >= 11 is 0. The predicted octanol–water partition coefficient (Wildman–Crippen LogP) is 2.58. The van der Waals surface area contributed by atoms with Crippen LogP contribution in [-0.2, 0) is 9.59 Å². The first kappa shape index (κ1) is 14.2. The van der Waals surface area contributed by atoms with Crippen LogP contribution in [0.1, 0.15) is 0 Å². The van der Waals surface area contributed by atoms with Crippen LogP contribution in [0.15, 0.2) is 36.5 Å². The predicted molar refractivity (Wildman–Crippen MR) is 44.6 cm³/mol. The van der Waals surface area contributed by atoms with Gasteiger partial charge in [0.15, 0.2) is 0 Å². The van der Waals surface area contributed by atoms with E-state index < -0.39 is 29.9 Å². The molecule has 0 saturated heterocycles. The Labute approximate surface area is 86.7 Å². The normalized spacial score (nSPS) is 14.3. The van der Waals surface area contributed by atoms with Crippen molar-refractivity contribution in [3.05, 3.63) is 36.5 Å². The van der Waals surface area contributed by atoms with E-state index in [0.29, 0.717) is 0 Å². The van der Waals surface area contributed by atoms with Gasteiger partial charge in [0.2, 0.25) is 11.6 Å². The molecule has 1 aliphatic rings. The summed E-state index contributed by atoms with van der Waals surface area (Å²) < 4.78 is 53.6. The molecule has 0 amide bonds. The van der Waals surface area contributed by atoms with Crippen LogP contribution < -0.4 is 0 Å². The standard InChI is InChI=1S/C6H4O2.C3HF5/c7-5-3-1-2-4-6(5)8;4-2(5)1-3(6,7)8/h1-4H;1H. The number of rotatable bonds is 0. The van der Waals surface area contributed by atoms with Crippen molar-refractivity contribution < 1.29 is 31.5 Å². The quantitative estimate of drug-likeness (QED) is 0.370. The van der Waals surface area contributed by atoms with Crippen LogP contribution in [-0.4, -0.2) is 17.7 Å². The van der Waals surface area contributed by atoms with Gasteiger partial charge < -0.3 is 0 Å². The molecule has 0 heterocycles. The van der Waals surface area contributed by atoms with Crippen LogP contribution in [0.5, 0.6) is 0 Å². The van der Waals surface area contributed by atoms with Crippen molar-refractivity contribution in [2.24, 2.45) is 0 Å². The maximum absolute atomic E-state index is 10.8. The molecule has 0 aliphatic heterocycles. The second kappa shape index (κ2) is 5.94. The Hall–Kier alpha value is -1.79. The fraction of sp³-hybridized carbons (Fsp3) is 0.111. The van der Waals surface area contributed by atoms with Gasteiger partial charge in [0.1, 0.15) is 0 Å². The Morgan fingerprint density at radius 3 is 1.50 bits per heavy atom. The van der Waals surface area contributed by atoms with E-state index in [2.05, 4.69) is 0 Å².